The van der Waals surface area contributed by atoms with E-state index in [0.717, 1.165) is 44.7 Å². The summed E-state index contributed by atoms with van der Waals surface area (Å²) in [4.78, 5) is 14.8. The number of fused-ring (bicyclic) bond motifs is 5. The van der Waals surface area contributed by atoms with Crippen molar-refractivity contribution in [3.05, 3.63) is 97.1 Å². The number of imidazole rings is 1. The predicted molar refractivity (Wildman–Crippen MR) is 117 cm³/mol. The molecule has 0 aliphatic heterocycles. The second kappa shape index (κ2) is 6.24. The maximum Gasteiger partial charge on any atom is 0.199 e. The van der Waals surface area contributed by atoms with Gasteiger partial charge in [0.05, 0.1) is 16.9 Å². The third-order valence-electron chi connectivity index (χ3n) is 5.21. The third-order valence-corrected chi connectivity index (χ3v) is 5.21. The molecule has 0 atom stereocenters. The summed E-state index contributed by atoms with van der Waals surface area (Å²) >= 11 is 0. The van der Waals surface area contributed by atoms with Crippen LogP contribution in [0.1, 0.15) is 0 Å². The van der Waals surface area contributed by atoms with Crippen LogP contribution in [0.2, 0.25) is 0 Å². The number of para-hydroxylation sites is 1. The van der Waals surface area contributed by atoms with E-state index >= 15 is 0 Å². The van der Waals surface area contributed by atoms with Crippen LogP contribution in [-0.4, -0.2) is 19.4 Å². The van der Waals surface area contributed by atoms with E-state index in [1.54, 1.807) is 0 Å². The summed E-state index contributed by atoms with van der Waals surface area (Å²) in [7, 11) is 0. The van der Waals surface area contributed by atoms with E-state index in [0.29, 0.717) is 5.65 Å². The Bertz CT molecular complexity index is 1490. The van der Waals surface area contributed by atoms with Gasteiger partial charge in [-0.25, -0.2) is 15.0 Å². The number of rotatable bonds is 2. The van der Waals surface area contributed by atoms with Gasteiger partial charge in [-0.3, -0.25) is 4.40 Å². The second-order valence-corrected chi connectivity index (χ2v) is 7.00. The van der Waals surface area contributed by atoms with Crippen LogP contribution in [0.15, 0.2) is 97.1 Å². The molecule has 0 spiro atoms. The van der Waals surface area contributed by atoms with Crippen molar-refractivity contribution >= 4 is 27.8 Å². The minimum Gasteiger partial charge on any atom is -0.275 e. The number of aromatic nitrogens is 4. The van der Waals surface area contributed by atoms with E-state index in [1.807, 2.05) is 54.6 Å². The van der Waals surface area contributed by atoms with Crippen LogP contribution in [0, 0.1) is 0 Å². The van der Waals surface area contributed by atoms with E-state index in [2.05, 4.69) is 46.9 Å². The first-order valence-corrected chi connectivity index (χ1v) is 9.57. The lowest BCUT2D eigenvalue weighted by Crippen LogP contribution is -1.97. The average Bonchev–Trinajstić information content (AvgIpc) is 3.17. The normalized spacial score (nSPS) is 11.4. The molecule has 3 aromatic carbocycles. The summed E-state index contributed by atoms with van der Waals surface area (Å²) in [6.45, 7) is 0. The summed E-state index contributed by atoms with van der Waals surface area (Å²) in [6.07, 6.45) is 0. The summed E-state index contributed by atoms with van der Waals surface area (Å²) in [5.41, 5.74) is 7.13. The smallest absolute Gasteiger partial charge is 0.199 e. The highest BCUT2D eigenvalue weighted by atomic mass is 15.1. The molecule has 6 aromatic rings. The zero-order valence-electron chi connectivity index (χ0n) is 15.5. The van der Waals surface area contributed by atoms with Crippen LogP contribution in [0.4, 0.5) is 0 Å². The first-order chi connectivity index (χ1) is 14.4. The molecule has 29 heavy (non-hydrogen) atoms. The maximum atomic E-state index is 5.10. The first-order valence-electron chi connectivity index (χ1n) is 9.57. The molecule has 4 nitrogen and oxygen atoms in total. The molecule has 0 fully saturated rings. The van der Waals surface area contributed by atoms with Crippen molar-refractivity contribution in [3.8, 4) is 22.5 Å². The SMILES string of the molecule is c1ccc(-c2nc3nc4ccc5ccccc5n4c3nc2-c2ccccc2)cc1. The third kappa shape index (κ3) is 2.50. The minimum absolute atomic E-state index is 0.653. The van der Waals surface area contributed by atoms with E-state index < -0.39 is 0 Å². The molecular weight excluding hydrogens is 356 g/mol. The van der Waals surface area contributed by atoms with E-state index in [1.165, 1.54) is 0 Å². The van der Waals surface area contributed by atoms with Gasteiger partial charge in [-0.05, 0) is 23.6 Å². The molecule has 0 radical (unpaired) electrons. The zero-order valence-corrected chi connectivity index (χ0v) is 15.5. The molecule has 3 heterocycles. The summed E-state index contributed by atoms with van der Waals surface area (Å²) in [5.74, 6) is 0. The van der Waals surface area contributed by atoms with Gasteiger partial charge in [-0.1, -0.05) is 78.9 Å². The highest BCUT2D eigenvalue weighted by molar-refractivity contribution is 5.90. The lowest BCUT2D eigenvalue weighted by molar-refractivity contribution is 1.22. The molecule has 0 aliphatic rings. The average molecular weight is 372 g/mol. The van der Waals surface area contributed by atoms with Crippen LogP contribution >= 0.6 is 0 Å². The lowest BCUT2D eigenvalue weighted by atomic mass is 10.0. The maximum absolute atomic E-state index is 5.10. The molecule has 0 unspecified atom stereocenters. The van der Waals surface area contributed by atoms with Crippen molar-refractivity contribution in [3.63, 3.8) is 0 Å². The van der Waals surface area contributed by atoms with E-state index in [4.69, 9.17) is 15.0 Å². The Morgan fingerprint density at radius 2 is 1.14 bits per heavy atom. The van der Waals surface area contributed by atoms with Gasteiger partial charge >= 0.3 is 0 Å². The van der Waals surface area contributed by atoms with Gasteiger partial charge < -0.3 is 0 Å². The van der Waals surface area contributed by atoms with E-state index in [9.17, 15) is 0 Å². The molecule has 3 aromatic heterocycles. The fourth-order valence-electron chi connectivity index (χ4n) is 3.85. The highest BCUT2D eigenvalue weighted by Crippen LogP contribution is 2.31. The van der Waals surface area contributed by atoms with Crippen LogP contribution in [0.5, 0.6) is 0 Å². The largest absolute Gasteiger partial charge is 0.275 e. The van der Waals surface area contributed by atoms with Crippen molar-refractivity contribution < 1.29 is 0 Å². The van der Waals surface area contributed by atoms with Gasteiger partial charge in [-0.2, -0.15) is 0 Å². The van der Waals surface area contributed by atoms with Crippen LogP contribution in [-0.2, 0) is 0 Å². The molecular formula is C25H16N4. The van der Waals surface area contributed by atoms with Gasteiger partial charge in [0, 0.05) is 11.1 Å². The number of benzene rings is 3. The molecule has 0 N–H and O–H groups in total. The van der Waals surface area contributed by atoms with Crippen molar-refractivity contribution in [2.75, 3.05) is 0 Å². The molecule has 0 amide bonds. The standard InChI is InChI=1S/C25H16N4/c1-3-10-18(11-4-1)22-23(19-12-5-2-6-13-19)28-25-24(27-22)26-21-16-15-17-9-7-8-14-20(17)29(21)25/h1-16H. The van der Waals surface area contributed by atoms with E-state index in [-0.39, 0.29) is 0 Å². The Morgan fingerprint density at radius 1 is 0.517 bits per heavy atom. The summed E-state index contributed by atoms with van der Waals surface area (Å²) in [5, 5.41) is 1.15. The molecule has 4 heteroatoms. The van der Waals surface area contributed by atoms with Crippen LogP contribution in [0.25, 0.3) is 50.4 Å². The fraction of sp³-hybridized carbons (Fsp3) is 0. The fourth-order valence-corrected chi connectivity index (χ4v) is 3.85. The summed E-state index contributed by atoms with van der Waals surface area (Å²) in [6, 6.07) is 32.8. The quantitative estimate of drug-likeness (QED) is 0.388. The van der Waals surface area contributed by atoms with Gasteiger partial charge in [0.15, 0.2) is 11.3 Å². The predicted octanol–water partition coefficient (Wildman–Crippen LogP) is 5.76. The van der Waals surface area contributed by atoms with Crippen molar-refractivity contribution in [1.82, 2.24) is 19.4 Å². The van der Waals surface area contributed by atoms with Gasteiger partial charge in [0.25, 0.3) is 0 Å². The molecule has 0 aliphatic carbocycles. The zero-order chi connectivity index (χ0) is 19.2. The Morgan fingerprint density at radius 3 is 1.86 bits per heavy atom. The molecule has 0 bridgehead atoms. The second-order valence-electron chi connectivity index (χ2n) is 7.00. The van der Waals surface area contributed by atoms with Gasteiger partial charge in [0.2, 0.25) is 0 Å². The minimum atomic E-state index is 0.653. The number of nitrogens with zero attached hydrogens (tertiary/aromatic N) is 4. The lowest BCUT2D eigenvalue weighted by Gasteiger charge is -2.09. The number of hydrogen-bond acceptors (Lipinski definition) is 3. The number of hydrogen-bond donors (Lipinski definition) is 0. The number of pyridine rings is 1. The topological polar surface area (TPSA) is 43.1 Å². The Kier molecular flexibility index (Phi) is 3.43. The Balaban J connectivity index is 1.76. The first kappa shape index (κ1) is 16.0. The summed E-state index contributed by atoms with van der Waals surface area (Å²) < 4.78 is 2.10. The van der Waals surface area contributed by atoms with Crippen molar-refractivity contribution in [2.45, 2.75) is 0 Å². The molecule has 0 saturated heterocycles. The van der Waals surface area contributed by atoms with Crippen molar-refractivity contribution in [1.29, 1.82) is 0 Å². The molecule has 0 saturated carbocycles. The van der Waals surface area contributed by atoms with Gasteiger partial charge in [0.1, 0.15) is 5.65 Å². The molecule has 136 valence electrons. The van der Waals surface area contributed by atoms with Crippen LogP contribution in [0.3, 0.4) is 0 Å². The van der Waals surface area contributed by atoms with Crippen LogP contribution < -0.4 is 0 Å². The monoisotopic (exact) mass is 372 g/mol. The highest BCUT2D eigenvalue weighted by Gasteiger charge is 2.17. The van der Waals surface area contributed by atoms with Gasteiger partial charge in [-0.15, -0.1) is 0 Å². The Labute approximate surface area is 167 Å². The molecule has 6 rings (SSSR count). The van der Waals surface area contributed by atoms with Crippen molar-refractivity contribution in [2.24, 2.45) is 0 Å². The Hall–Kier alpha value is -4.05.